The highest BCUT2D eigenvalue weighted by molar-refractivity contribution is 8.18. The van der Waals surface area contributed by atoms with E-state index in [1.54, 1.807) is 41.3 Å². The lowest BCUT2D eigenvalue weighted by molar-refractivity contribution is -0.136. The maximum absolute atomic E-state index is 13.9. The molecule has 0 aromatic heterocycles. The van der Waals surface area contributed by atoms with Gasteiger partial charge in [-0.15, -0.1) is 0 Å². The van der Waals surface area contributed by atoms with Gasteiger partial charge in [0.2, 0.25) is 5.91 Å². The van der Waals surface area contributed by atoms with Crippen molar-refractivity contribution in [2.45, 2.75) is 19.6 Å². The Balaban J connectivity index is 1.20. The lowest BCUT2D eigenvalue weighted by atomic mass is 10.00. The Bertz CT molecular complexity index is 1390. The van der Waals surface area contributed by atoms with Gasteiger partial charge in [0.25, 0.3) is 11.1 Å². The highest BCUT2D eigenvalue weighted by Gasteiger charge is 2.37. The topological polar surface area (TPSA) is 66.9 Å². The average Bonchev–Trinajstić information content (AvgIpc) is 3.16. The number of rotatable bonds is 6. The van der Waals surface area contributed by atoms with Crippen molar-refractivity contribution in [2.75, 3.05) is 13.1 Å². The third kappa shape index (κ3) is 5.55. The van der Waals surface area contributed by atoms with Gasteiger partial charge in [-0.2, -0.15) is 0 Å². The molecule has 188 valence electrons. The van der Waals surface area contributed by atoms with Crippen LogP contribution in [0, 0.1) is 5.82 Å². The van der Waals surface area contributed by atoms with E-state index in [4.69, 9.17) is 16.3 Å². The second kappa shape index (κ2) is 10.8. The van der Waals surface area contributed by atoms with Crippen LogP contribution < -0.4 is 4.74 Å². The zero-order valence-corrected chi connectivity index (χ0v) is 21.2. The number of thioether (sulfide) groups is 1. The molecule has 3 amide bonds. The van der Waals surface area contributed by atoms with Gasteiger partial charge in [-0.3, -0.25) is 19.3 Å². The molecule has 5 rings (SSSR count). The molecule has 0 saturated carbocycles. The van der Waals surface area contributed by atoms with Crippen LogP contribution in [0.4, 0.5) is 9.18 Å². The fraction of sp³-hybridized carbons (Fsp3) is 0.179. The number of hydrogen-bond acceptors (Lipinski definition) is 5. The monoisotopic (exact) mass is 536 g/mol. The lowest BCUT2D eigenvalue weighted by Gasteiger charge is -2.29. The Kier molecular flexibility index (Phi) is 7.30. The first-order valence-electron chi connectivity index (χ1n) is 11.6. The molecule has 0 spiro atoms. The third-order valence-corrected chi connectivity index (χ3v) is 7.53. The second-order valence-electron chi connectivity index (χ2n) is 8.66. The summed E-state index contributed by atoms with van der Waals surface area (Å²) in [5, 5.41) is -0.181. The van der Waals surface area contributed by atoms with Crippen LogP contribution in [0.15, 0.2) is 71.6 Å². The van der Waals surface area contributed by atoms with E-state index in [9.17, 15) is 18.8 Å². The van der Waals surface area contributed by atoms with Gasteiger partial charge < -0.3 is 9.64 Å². The Morgan fingerprint density at radius 3 is 2.54 bits per heavy atom. The second-order valence-corrected chi connectivity index (χ2v) is 10.1. The van der Waals surface area contributed by atoms with Crippen molar-refractivity contribution in [3.05, 3.63) is 105 Å². The van der Waals surface area contributed by atoms with Crippen molar-refractivity contribution in [3.63, 3.8) is 0 Å². The Morgan fingerprint density at radius 2 is 1.78 bits per heavy atom. The van der Waals surface area contributed by atoms with E-state index in [0.29, 0.717) is 24.4 Å². The molecule has 0 atom stereocenters. The quantitative estimate of drug-likeness (QED) is 0.379. The van der Waals surface area contributed by atoms with Crippen LogP contribution in [0.5, 0.6) is 5.75 Å². The number of imide groups is 1. The molecule has 0 radical (unpaired) electrons. The summed E-state index contributed by atoms with van der Waals surface area (Å²) in [6.07, 6.45) is 2.35. The van der Waals surface area contributed by atoms with Crippen LogP contribution in [0.3, 0.4) is 0 Å². The predicted octanol–water partition coefficient (Wildman–Crippen LogP) is 5.68. The lowest BCUT2D eigenvalue weighted by Crippen LogP contribution is -2.44. The minimum absolute atomic E-state index is 0.0274. The number of nitrogens with zero attached hydrogens (tertiary/aromatic N) is 2. The molecule has 0 unspecified atom stereocenters. The third-order valence-electron chi connectivity index (χ3n) is 6.27. The first kappa shape index (κ1) is 25.0. The van der Waals surface area contributed by atoms with E-state index < -0.39 is 17.0 Å². The molecule has 37 heavy (non-hydrogen) atoms. The van der Waals surface area contributed by atoms with Gasteiger partial charge in [0.05, 0.1) is 9.93 Å². The molecule has 9 heteroatoms. The number of carbonyl (C=O) groups excluding carboxylic acids is 3. The molecule has 6 nitrogen and oxygen atoms in total. The summed E-state index contributed by atoms with van der Waals surface area (Å²) in [4.78, 5) is 41.2. The number of benzene rings is 3. The standard InChI is InChI=1S/C28H22ClFN2O4S/c29-23-6-3-7-24(30)22(23)17-36-21-10-8-18(9-11-21)14-25-27(34)32(28(35)37-25)16-26(33)31-13-12-19-4-1-2-5-20(19)15-31/h1-11,14H,12-13,15-17H2/b25-14-. The Morgan fingerprint density at radius 1 is 1.03 bits per heavy atom. The SMILES string of the molecule is O=C(CN1C(=O)S/C(=C\c2ccc(OCc3c(F)cccc3Cl)cc2)C1=O)N1CCc2ccccc2C1. The van der Waals surface area contributed by atoms with Crippen LogP contribution in [0.1, 0.15) is 22.3 Å². The van der Waals surface area contributed by atoms with Gasteiger partial charge in [-0.05, 0) is 65.2 Å². The molecular formula is C28H22ClFN2O4S. The molecule has 3 aromatic carbocycles. The molecule has 2 aliphatic heterocycles. The molecular weight excluding hydrogens is 515 g/mol. The molecule has 1 saturated heterocycles. The van der Waals surface area contributed by atoms with E-state index in [1.165, 1.54) is 17.7 Å². The summed E-state index contributed by atoms with van der Waals surface area (Å²) in [6.45, 7) is 0.716. The molecule has 0 bridgehead atoms. The van der Waals surface area contributed by atoms with Crippen LogP contribution >= 0.6 is 23.4 Å². The van der Waals surface area contributed by atoms with E-state index in [1.807, 2.05) is 18.2 Å². The minimum Gasteiger partial charge on any atom is -0.489 e. The minimum atomic E-state index is -0.490. The first-order valence-corrected chi connectivity index (χ1v) is 12.8. The average molecular weight is 537 g/mol. The Labute approximate surface area is 222 Å². The van der Waals surface area contributed by atoms with Crippen molar-refractivity contribution in [1.29, 1.82) is 0 Å². The molecule has 0 N–H and O–H groups in total. The summed E-state index contributed by atoms with van der Waals surface area (Å²) in [5.74, 6) is -0.688. The van der Waals surface area contributed by atoms with Crippen molar-refractivity contribution in [3.8, 4) is 5.75 Å². The smallest absolute Gasteiger partial charge is 0.294 e. The molecule has 1 fully saturated rings. The van der Waals surface area contributed by atoms with Crippen molar-refractivity contribution >= 4 is 46.5 Å². The van der Waals surface area contributed by atoms with Crippen LogP contribution in [0.2, 0.25) is 5.02 Å². The predicted molar refractivity (Wildman–Crippen MR) is 140 cm³/mol. The van der Waals surface area contributed by atoms with Crippen molar-refractivity contribution in [1.82, 2.24) is 9.80 Å². The number of hydrogen-bond donors (Lipinski definition) is 0. The number of halogens is 2. The maximum Gasteiger partial charge on any atom is 0.294 e. The van der Waals surface area contributed by atoms with E-state index in [0.717, 1.165) is 28.6 Å². The summed E-state index contributed by atoms with van der Waals surface area (Å²) in [7, 11) is 0. The molecule has 2 aliphatic rings. The summed E-state index contributed by atoms with van der Waals surface area (Å²) >= 11 is 6.84. The number of carbonyl (C=O) groups is 3. The van der Waals surface area contributed by atoms with Gasteiger partial charge in [0.1, 0.15) is 24.7 Å². The molecule has 2 heterocycles. The van der Waals surface area contributed by atoms with Crippen molar-refractivity contribution in [2.24, 2.45) is 0 Å². The summed E-state index contributed by atoms with van der Waals surface area (Å²) < 4.78 is 19.6. The molecule has 0 aliphatic carbocycles. The summed E-state index contributed by atoms with van der Waals surface area (Å²) in [5.41, 5.74) is 3.25. The fourth-order valence-electron chi connectivity index (χ4n) is 4.22. The zero-order valence-electron chi connectivity index (χ0n) is 19.7. The van der Waals surface area contributed by atoms with Gasteiger partial charge in [0, 0.05) is 18.7 Å². The normalized spacial score (nSPS) is 16.3. The Hall–Kier alpha value is -3.62. The number of amides is 3. The zero-order chi connectivity index (χ0) is 25.9. The number of fused-ring (bicyclic) bond motifs is 1. The van der Waals surface area contributed by atoms with E-state index in [2.05, 4.69) is 6.07 Å². The molecule has 3 aromatic rings. The van der Waals surface area contributed by atoms with Gasteiger partial charge in [0.15, 0.2) is 0 Å². The van der Waals surface area contributed by atoms with Gasteiger partial charge in [-0.1, -0.05) is 54.1 Å². The first-order chi connectivity index (χ1) is 17.9. The number of ether oxygens (including phenoxy) is 1. The highest BCUT2D eigenvalue weighted by atomic mass is 35.5. The highest BCUT2D eigenvalue weighted by Crippen LogP contribution is 2.33. The van der Waals surface area contributed by atoms with Crippen LogP contribution in [0.25, 0.3) is 6.08 Å². The summed E-state index contributed by atoms with van der Waals surface area (Å²) in [6, 6.07) is 19.2. The van der Waals surface area contributed by atoms with E-state index in [-0.39, 0.29) is 34.6 Å². The van der Waals surface area contributed by atoms with Crippen LogP contribution in [-0.2, 0) is 29.2 Å². The largest absolute Gasteiger partial charge is 0.489 e. The van der Waals surface area contributed by atoms with Crippen LogP contribution in [-0.4, -0.2) is 39.9 Å². The fourth-order valence-corrected chi connectivity index (χ4v) is 5.27. The van der Waals surface area contributed by atoms with Gasteiger partial charge >= 0.3 is 0 Å². The van der Waals surface area contributed by atoms with E-state index >= 15 is 0 Å². The van der Waals surface area contributed by atoms with Gasteiger partial charge in [-0.25, -0.2) is 4.39 Å². The maximum atomic E-state index is 13.9. The van der Waals surface area contributed by atoms with Crippen molar-refractivity contribution < 1.29 is 23.5 Å².